The van der Waals surface area contributed by atoms with Crippen molar-refractivity contribution >= 4 is 19.4 Å². The van der Waals surface area contributed by atoms with Crippen LogP contribution in [0.2, 0.25) is 5.82 Å². The van der Waals surface area contributed by atoms with Crippen LogP contribution in [0.3, 0.4) is 0 Å². The lowest BCUT2D eigenvalue weighted by Crippen LogP contribution is -2.18. The van der Waals surface area contributed by atoms with E-state index in [9.17, 15) is 4.79 Å². The number of ether oxygens (including phenoxy) is 2. The molecular weight excluding hydrogens is 329 g/mol. The van der Waals surface area contributed by atoms with Crippen LogP contribution in [0.5, 0.6) is 17.5 Å². The zero-order chi connectivity index (χ0) is 18.3. The third-order valence-electron chi connectivity index (χ3n) is 5.07. The highest BCUT2D eigenvalue weighted by Gasteiger charge is 2.53. The van der Waals surface area contributed by atoms with Gasteiger partial charge in [0, 0.05) is 16.8 Å². The van der Waals surface area contributed by atoms with Crippen LogP contribution in [-0.4, -0.2) is 30.3 Å². The first-order valence-electron chi connectivity index (χ1n) is 8.85. The number of aromatic nitrogens is 2. The van der Waals surface area contributed by atoms with E-state index in [-0.39, 0.29) is 17.3 Å². The topological polar surface area (TPSA) is 73.3 Å². The fourth-order valence-corrected chi connectivity index (χ4v) is 3.22. The highest BCUT2D eigenvalue weighted by molar-refractivity contribution is 6.25. The Labute approximate surface area is 153 Å². The molecule has 1 saturated carbocycles. The minimum absolute atomic E-state index is 0.0981. The second-order valence-corrected chi connectivity index (χ2v) is 7.01. The number of nitrogens with zero attached hydrogens (tertiary/aromatic N) is 2. The Morgan fingerprint density at radius 3 is 2.77 bits per heavy atom. The molecular formula is C19H20BN3O3. The van der Waals surface area contributed by atoms with E-state index in [0.29, 0.717) is 18.7 Å². The third-order valence-corrected chi connectivity index (χ3v) is 5.07. The van der Waals surface area contributed by atoms with Gasteiger partial charge in [0.05, 0.1) is 32.5 Å². The maximum absolute atomic E-state index is 11.8. The maximum Gasteiger partial charge on any atom is 0.322 e. The second kappa shape index (κ2) is 6.30. The van der Waals surface area contributed by atoms with Crippen LogP contribution in [0.4, 0.5) is 5.69 Å². The summed E-state index contributed by atoms with van der Waals surface area (Å²) in [5.41, 5.74) is 2.83. The van der Waals surface area contributed by atoms with Crippen LogP contribution in [0.1, 0.15) is 37.3 Å². The van der Waals surface area contributed by atoms with Crippen molar-refractivity contribution in [2.45, 2.75) is 44.3 Å². The number of rotatable bonds is 5. The van der Waals surface area contributed by atoms with Gasteiger partial charge in [0.25, 0.3) is 0 Å². The molecule has 26 heavy (non-hydrogen) atoms. The van der Waals surface area contributed by atoms with Crippen molar-refractivity contribution in [2.24, 2.45) is 0 Å². The van der Waals surface area contributed by atoms with E-state index in [1.165, 1.54) is 12.4 Å². The van der Waals surface area contributed by atoms with Gasteiger partial charge in [-0.3, -0.25) is 4.79 Å². The van der Waals surface area contributed by atoms with Gasteiger partial charge in [0.1, 0.15) is 11.5 Å². The van der Waals surface area contributed by atoms with Gasteiger partial charge < -0.3 is 14.8 Å². The molecule has 2 radical (unpaired) electrons. The number of amides is 1. The van der Waals surface area contributed by atoms with Crippen LogP contribution < -0.4 is 14.8 Å². The Kier molecular flexibility index (Phi) is 4.09. The van der Waals surface area contributed by atoms with Crippen molar-refractivity contribution in [3.05, 3.63) is 35.7 Å². The van der Waals surface area contributed by atoms with Crippen LogP contribution in [0.25, 0.3) is 0 Å². The molecule has 0 bridgehead atoms. The maximum atomic E-state index is 11.8. The molecule has 0 saturated heterocycles. The average Bonchev–Trinajstić information content (AvgIpc) is 3.32. The molecule has 132 valence electrons. The summed E-state index contributed by atoms with van der Waals surface area (Å²) in [5, 5.41) is 2.69. The summed E-state index contributed by atoms with van der Waals surface area (Å²) in [6.45, 7) is 4.61. The molecule has 1 aromatic carbocycles. The third kappa shape index (κ3) is 2.91. The minimum atomic E-state index is -0.546. The molecule has 1 spiro atoms. The van der Waals surface area contributed by atoms with E-state index in [1.807, 2.05) is 26.0 Å². The Morgan fingerprint density at radius 1 is 1.38 bits per heavy atom. The number of carbonyl (C=O) groups is 1. The Bertz CT molecular complexity index is 850. The van der Waals surface area contributed by atoms with Crippen LogP contribution in [0.15, 0.2) is 24.5 Å². The first kappa shape index (κ1) is 16.9. The van der Waals surface area contributed by atoms with E-state index in [4.69, 9.17) is 17.3 Å². The number of benzene rings is 1. The lowest BCUT2D eigenvalue weighted by Gasteiger charge is -2.13. The summed E-state index contributed by atoms with van der Waals surface area (Å²) < 4.78 is 11.8. The largest absolute Gasteiger partial charge is 0.492 e. The van der Waals surface area contributed by atoms with Gasteiger partial charge in [-0.05, 0) is 31.4 Å². The number of anilines is 1. The van der Waals surface area contributed by atoms with E-state index in [0.717, 1.165) is 35.5 Å². The van der Waals surface area contributed by atoms with E-state index in [2.05, 4.69) is 15.3 Å². The number of aryl methyl sites for hydroxylation is 1. The van der Waals surface area contributed by atoms with Gasteiger partial charge in [0.2, 0.25) is 5.91 Å². The molecule has 7 heteroatoms. The van der Waals surface area contributed by atoms with Crippen LogP contribution >= 0.6 is 0 Å². The number of hydrogen-bond acceptors (Lipinski definition) is 5. The fraction of sp³-hybridized carbons (Fsp3) is 0.421. The molecule has 2 aliphatic rings. The molecule has 4 rings (SSSR count). The van der Waals surface area contributed by atoms with Gasteiger partial charge >= 0.3 is 6.01 Å². The predicted molar refractivity (Wildman–Crippen MR) is 98.1 cm³/mol. The van der Waals surface area contributed by atoms with Crippen molar-refractivity contribution < 1.29 is 14.3 Å². The first-order chi connectivity index (χ1) is 12.5. The Balaban J connectivity index is 1.53. The van der Waals surface area contributed by atoms with E-state index >= 15 is 0 Å². The summed E-state index contributed by atoms with van der Waals surface area (Å²) in [6.07, 6.45) is 5.82. The van der Waals surface area contributed by atoms with Crippen molar-refractivity contribution in [1.29, 1.82) is 0 Å². The van der Waals surface area contributed by atoms with Crippen LogP contribution in [-0.2, 0) is 10.2 Å². The van der Waals surface area contributed by atoms with Gasteiger partial charge in [-0.25, -0.2) is 9.97 Å². The predicted octanol–water partition coefficient (Wildman–Crippen LogP) is 3.31. The second-order valence-electron chi connectivity index (χ2n) is 7.01. The zero-order valence-corrected chi connectivity index (χ0v) is 14.9. The number of hydrogen-bond donors (Lipinski definition) is 1. The molecule has 1 atom stereocenters. The molecule has 0 unspecified atom stereocenters. The number of carbonyl (C=O) groups excluding carboxylic acids is 1. The Hall–Kier alpha value is -2.57. The van der Waals surface area contributed by atoms with Gasteiger partial charge in [-0.15, -0.1) is 0 Å². The summed E-state index contributed by atoms with van der Waals surface area (Å²) in [6, 6.07) is 4.16. The normalized spacial score (nSPS) is 17.3. The van der Waals surface area contributed by atoms with Crippen molar-refractivity contribution in [3.63, 3.8) is 0 Å². The number of fused-ring (bicyclic) bond motifs is 2. The molecule has 2 heterocycles. The van der Waals surface area contributed by atoms with Gasteiger partial charge in [-0.1, -0.05) is 19.4 Å². The van der Waals surface area contributed by atoms with Gasteiger partial charge in [0.15, 0.2) is 0 Å². The van der Waals surface area contributed by atoms with Crippen molar-refractivity contribution in [2.75, 3.05) is 11.9 Å². The molecule has 1 amide bonds. The van der Waals surface area contributed by atoms with Crippen LogP contribution in [0, 0.1) is 6.92 Å². The van der Waals surface area contributed by atoms with E-state index in [1.54, 1.807) is 0 Å². The summed E-state index contributed by atoms with van der Waals surface area (Å²) in [7, 11) is 5.70. The monoisotopic (exact) mass is 349 g/mol. The molecule has 1 aliphatic carbocycles. The lowest BCUT2D eigenvalue weighted by atomic mass is 9.84. The highest BCUT2D eigenvalue weighted by atomic mass is 16.5. The molecule has 6 nitrogen and oxygen atoms in total. The first-order valence-corrected chi connectivity index (χ1v) is 8.85. The summed E-state index contributed by atoms with van der Waals surface area (Å²) in [5.74, 6) is 0.868. The van der Waals surface area contributed by atoms with Gasteiger partial charge in [-0.2, -0.15) is 0 Å². The fourth-order valence-electron chi connectivity index (χ4n) is 3.22. The highest BCUT2D eigenvalue weighted by Crippen LogP contribution is 2.59. The Morgan fingerprint density at radius 2 is 2.12 bits per heavy atom. The van der Waals surface area contributed by atoms with E-state index < -0.39 is 5.82 Å². The lowest BCUT2D eigenvalue weighted by molar-refractivity contribution is -0.116. The molecule has 1 N–H and O–H groups in total. The average molecular weight is 349 g/mol. The number of nitrogens with one attached hydrogen (secondary N) is 1. The van der Waals surface area contributed by atoms with Crippen molar-refractivity contribution in [3.8, 4) is 17.5 Å². The quantitative estimate of drug-likeness (QED) is 0.839. The molecule has 1 aromatic heterocycles. The SMILES string of the molecule is [B][C@H](CC)C(=O)Nc1cnc(Oc2ccc(C)c3c2C2(CC2)CO3)nc1. The summed E-state index contributed by atoms with van der Waals surface area (Å²) in [4.78, 5) is 20.2. The minimum Gasteiger partial charge on any atom is -0.492 e. The molecule has 1 aliphatic heterocycles. The zero-order valence-electron chi connectivity index (χ0n) is 14.9. The standard InChI is InChI=1S/C19H20BN3O3/c1-3-13(20)17(24)23-12-8-21-18(22-9-12)26-14-5-4-11(2)16-15(14)19(6-7-19)10-25-16/h4-5,8-9,13H,3,6-7,10H2,1-2H3,(H,23,24)/t13-/m1/s1. The molecule has 1 fully saturated rings. The smallest absolute Gasteiger partial charge is 0.322 e. The summed E-state index contributed by atoms with van der Waals surface area (Å²) >= 11 is 0. The molecule has 2 aromatic rings. The van der Waals surface area contributed by atoms with Crippen molar-refractivity contribution in [1.82, 2.24) is 9.97 Å².